The second-order valence-electron chi connectivity index (χ2n) is 4.04. The summed E-state index contributed by atoms with van der Waals surface area (Å²) in [7, 11) is 1.70. The summed E-state index contributed by atoms with van der Waals surface area (Å²) in [4.78, 5) is 26.5. The van der Waals surface area contributed by atoms with Crippen molar-refractivity contribution in [3.8, 4) is 0 Å². The molecular weight excluding hydrogens is 340 g/mol. The van der Waals surface area contributed by atoms with Crippen molar-refractivity contribution in [1.82, 2.24) is 4.98 Å². The second kappa shape index (κ2) is 6.31. The first-order valence-electron chi connectivity index (χ1n) is 5.91. The Hall–Kier alpha value is -2.48. The highest BCUT2D eigenvalue weighted by Crippen LogP contribution is 2.27. The molecule has 21 heavy (non-hydrogen) atoms. The van der Waals surface area contributed by atoms with Crippen LogP contribution >= 0.6 is 15.9 Å². The van der Waals surface area contributed by atoms with Gasteiger partial charge in [0.05, 0.1) is 9.40 Å². The van der Waals surface area contributed by atoms with Crippen LogP contribution in [0.2, 0.25) is 0 Å². The van der Waals surface area contributed by atoms with E-state index in [2.05, 4.69) is 31.5 Å². The van der Waals surface area contributed by atoms with Gasteiger partial charge in [0.15, 0.2) is 0 Å². The maximum atomic E-state index is 12.1. The average molecular weight is 351 g/mol. The zero-order valence-electron chi connectivity index (χ0n) is 11.0. The zero-order chi connectivity index (χ0) is 15.4. The van der Waals surface area contributed by atoms with Crippen LogP contribution in [0.15, 0.2) is 40.9 Å². The lowest BCUT2D eigenvalue weighted by atomic mass is 10.2. The number of hydrogen-bond donors (Lipinski definition) is 2. The number of halogens is 1. The van der Waals surface area contributed by atoms with Crippen molar-refractivity contribution < 1.29 is 9.72 Å². The van der Waals surface area contributed by atoms with Gasteiger partial charge in [-0.15, -0.1) is 0 Å². The van der Waals surface area contributed by atoms with Crippen LogP contribution in [0.25, 0.3) is 0 Å². The number of carbonyl (C=O) groups excluding carboxylic acids is 1. The van der Waals surface area contributed by atoms with Crippen LogP contribution in [0.5, 0.6) is 0 Å². The van der Waals surface area contributed by atoms with Crippen molar-refractivity contribution in [3.63, 3.8) is 0 Å². The van der Waals surface area contributed by atoms with E-state index < -0.39 is 10.8 Å². The minimum absolute atomic E-state index is 0.121. The number of nitro groups is 1. The first-order valence-corrected chi connectivity index (χ1v) is 6.70. The lowest BCUT2D eigenvalue weighted by molar-refractivity contribution is -0.385. The Labute approximate surface area is 128 Å². The van der Waals surface area contributed by atoms with E-state index >= 15 is 0 Å². The number of nitrogens with one attached hydrogen (secondary N) is 2. The van der Waals surface area contributed by atoms with Crippen molar-refractivity contribution >= 4 is 39.0 Å². The molecule has 2 rings (SSSR count). The molecule has 0 unspecified atom stereocenters. The van der Waals surface area contributed by atoms with Gasteiger partial charge in [-0.3, -0.25) is 14.9 Å². The highest BCUT2D eigenvalue weighted by molar-refractivity contribution is 9.10. The molecule has 7 nitrogen and oxygen atoms in total. The molecular formula is C13H11BrN4O3. The number of anilines is 2. The molecule has 0 aliphatic rings. The maximum absolute atomic E-state index is 12.1. The van der Waals surface area contributed by atoms with Gasteiger partial charge in [0.1, 0.15) is 11.5 Å². The Balaban J connectivity index is 2.23. The molecule has 0 saturated carbocycles. The number of nitrogens with zero attached hydrogens (tertiary/aromatic N) is 2. The fraction of sp³-hybridized carbons (Fsp3) is 0.0769. The van der Waals surface area contributed by atoms with Crippen molar-refractivity contribution in [2.45, 2.75) is 0 Å². The van der Waals surface area contributed by atoms with E-state index in [1.807, 2.05) is 0 Å². The third kappa shape index (κ3) is 3.54. The van der Waals surface area contributed by atoms with Crippen molar-refractivity contribution in [3.05, 3.63) is 56.7 Å². The van der Waals surface area contributed by atoms with Crippen molar-refractivity contribution in [2.75, 3.05) is 17.7 Å². The van der Waals surface area contributed by atoms with Crippen LogP contribution in [0.1, 0.15) is 10.5 Å². The maximum Gasteiger partial charge on any atom is 0.285 e. The molecule has 1 amide bonds. The van der Waals surface area contributed by atoms with Gasteiger partial charge >= 0.3 is 0 Å². The zero-order valence-corrected chi connectivity index (χ0v) is 12.5. The van der Waals surface area contributed by atoms with Gasteiger partial charge in [-0.25, -0.2) is 4.98 Å². The summed E-state index contributed by atoms with van der Waals surface area (Å²) in [6.07, 6.45) is 0. The smallest absolute Gasteiger partial charge is 0.285 e. The number of pyridine rings is 1. The molecule has 0 fully saturated rings. The van der Waals surface area contributed by atoms with E-state index in [9.17, 15) is 14.9 Å². The minimum atomic E-state index is -0.528. The van der Waals surface area contributed by atoms with Crippen LogP contribution in [0.4, 0.5) is 17.2 Å². The molecule has 0 aliphatic heterocycles. The highest BCUT2D eigenvalue weighted by atomic mass is 79.9. The number of benzene rings is 1. The van der Waals surface area contributed by atoms with E-state index in [1.54, 1.807) is 31.3 Å². The lowest BCUT2D eigenvalue weighted by Crippen LogP contribution is -2.14. The van der Waals surface area contributed by atoms with Gasteiger partial charge < -0.3 is 10.6 Å². The van der Waals surface area contributed by atoms with E-state index in [4.69, 9.17) is 0 Å². The first-order chi connectivity index (χ1) is 10.0. The molecule has 108 valence electrons. The number of nitro benzene ring substituents is 1. The summed E-state index contributed by atoms with van der Waals surface area (Å²) in [5, 5.41) is 16.3. The van der Waals surface area contributed by atoms with Gasteiger partial charge in [-0.2, -0.15) is 0 Å². The molecule has 1 heterocycles. The summed E-state index contributed by atoms with van der Waals surface area (Å²) in [6, 6.07) is 9.33. The molecule has 0 spiro atoms. The summed E-state index contributed by atoms with van der Waals surface area (Å²) < 4.78 is 0.348. The van der Waals surface area contributed by atoms with Crippen LogP contribution < -0.4 is 10.6 Å². The normalized spacial score (nSPS) is 10.0. The van der Waals surface area contributed by atoms with Crippen LogP contribution in [-0.4, -0.2) is 22.9 Å². The minimum Gasteiger partial charge on any atom is -0.373 e. The van der Waals surface area contributed by atoms with E-state index in [0.29, 0.717) is 16.0 Å². The molecule has 0 saturated heterocycles. The monoisotopic (exact) mass is 350 g/mol. The predicted molar refractivity (Wildman–Crippen MR) is 82.5 cm³/mol. The fourth-order valence-corrected chi connectivity index (χ4v) is 2.02. The molecule has 0 radical (unpaired) electrons. The molecule has 0 aliphatic carbocycles. The molecule has 1 aromatic heterocycles. The second-order valence-corrected chi connectivity index (χ2v) is 4.89. The van der Waals surface area contributed by atoms with E-state index in [1.165, 1.54) is 12.1 Å². The standard InChI is InChI=1S/C13H11BrN4O3/c1-15-12-4-2-3-10(17-12)13(19)16-8-5-6-9(14)11(7-8)18(20)21/h2-7H,1H3,(H,15,17)(H,16,19). The number of carbonyl (C=O) groups is 1. The lowest BCUT2D eigenvalue weighted by Gasteiger charge is -2.06. The van der Waals surface area contributed by atoms with E-state index in [-0.39, 0.29) is 11.4 Å². The van der Waals surface area contributed by atoms with Crippen molar-refractivity contribution in [1.29, 1.82) is 0 Å². The molecule has 0 atom stereocenters. The number of rotatable bonds is 4. The van der Waals surface area contributed by atoms with Crippen LogP contribution in [0.3, 0.4) is 0 Å². The SMILES string of the molecule is CNc1cccc(C(=O)Nc2ccc(Br)c([N+](=O)[O-])c2)n1. The highest BCUT2D eigenvalue weighted by Gasteiger charge is 2.14. The topological polar surface area (TPSA) is 97.2 Å². The number of aromatic nitrogens is 1. The quantitative estimate of drug-likeness (QED) is 0.652. The third-order valence-corrected chi connectivity index (χ3v) is 3.31. The molecule has 1 aromatic carbocycles. The average Bonchev–Trinajstić information content (AvgIpc) is 2.49. The molecule has 2 N–H and O–H groups in total. The summed E-state index contributed by atoms with van der Waals surface area (Å²) in [6.45, 7) is 0. The molecule has 2 aromatic rings. The van der Waals surface area contributed by atoms with Gasteiger partial charge in [0.2, 0.25) is 0 Å². The number of hydrogen-bond acceptors (Lipinski definition) is 5. The Morgan fingerprint density at radius 3 is 2.76 bits per heavy atom. The number of amides is 1. The predicted octanol–water partition coefficient (Wildman–Crippen LogP) is 3.05. The Morgan fingerprint density at radius 2 is 2.10 bits per heavy atom. The van der Waals surface area contributed by atoms with Gasteiger partial charge in [0.25, 0.3) is 11.6 Å². The molecule has 8 heteroatoms. The summed E-state index contributed by atoms with van der Waals surface area (Å²) in [5.41, 5.74) is 0.420. The third-order valence-electron chi connectivity index (χ3n) is 2.64. The Kier molecular flexibility index (Phi) is 4.49. The molecule has 0 bridgehead atoms. The Bertz CT molecular complexity index is 706. The van der Waals surface area contributed by atoms with Crippen LogP contribution in [-0.2, 0) is 0 Å². The van der Waals surface area contributed by atoms with E-state index in [0.717, 1.165) is 0 Å². The largest absolute Gasteiger partial charge is 0.373 e. The van der Waals surface area contributed by atoms with Crippen LogP contribution in [0, 0.1) is 10.1 Å². The van der Waals surface area contributed by atoms with Gasteiger partial charge in [-0.1, -0.05) is 6.07 Å². The summed E-state index contributed by atoms with van der Waals surface area (Å²) >= 11 is 3.09. The summed E-state index contributed by atoms with van der Waals surface area (Å²) in [5.74, 6) is 0.119. The van der Waals surface area contributed by atoms with Gasteiger partial charge in [0, 0.05) is 18.8 Å². The fourth-order valence-electron chi connectivity index (χ4n) is 1.63. The first kappa shape index (κ1) is 14.9. The Morgan fingerprint density at radius 1 is 1.33 bits per heavy atom. The van der Waals surface area contributed by atoms with Gasteiger partial charge in [-0.05, 0) is 40.2 Å². The van der Waals surface area contributed by atoms with Crippen molar-refractivity contribution in [2.24, 2.45) is 0 Å².